The van der Waals surface area contributed by atoms with Crippen molar-refractivity contribution < 1.29 is 23.5 Å². The molecule has 0 unspecified atom stereocenters. The minimum absolute atomic E-state index is 0.110. The van der Waals surface area contributed by atoms with Crippen LogP contribution in [-0.4, -0.2) is 25.1 Å². The SMILES string of the molecule is CCNC(=O)NC(=O)COc1ccc2c(=O)c(Oc3ccccc3)c(C)oc2c1. The Kier molecular flexibility index (Phi) is 6.13. The molecule has 3 rings (SSSR count). The molecule has 0 aliphatic rings. The van der Waals surface area contributed by atoms with E-state index in [4.69, 9.17) is 13.9 Å². The lowest BCUT2D eigenvalue weighted by molar-refractivity contribution is -0.122. The number of benzene rings is 2. The first-order valence-corrected chi connectivity index (χ1v) is 8.98. The molecule has 0 radical (unpaired) electrons. The predicted octanol–water partition coefficient (Wildman–Crippen LogP) is 3.12. The summed E-state index contributed by atoms with van der Waals surface area (Å²) in [6.07, 6.45) is 0. The Balaban J connectivity index is 1.77. The van der Waals surface area contributed by atoms with E-state index in [1.54, 1.807) is 44.2 Å². The van der Waals surface area contributed by atoms with Crippen LogP contribution in [0.5, 0.6) is 17.2 Å². The second-order valence-electron chi connectivity index (χ2n) is 6.09. The molecule has 0 aliphatic carbocycles. The van der Waals surface area contributed by atoms with Gasteiger partial charge in [0.05, 0.1) is 5.39 Å². The summed E-state index contributed by atoms with van der Waals surface area (Å²) >= 11 is 0. The summed E-state index contributed by atoms with van der Waals surface area (Å²) in [4.78, 5) is 35.8. The van der Waals surface area contributed by atoms with Gasteiger partial charge in [-0.2, -0.15) is 0 Å². The Morgan fingerprint density at radius 3 is 2.55 bits per heavy atom. The maximum atomic E-state index is 12.8. The Morgan fingerprint density at radius 1 is 1.07 bits per heavy atom. The molecule has 0 fully saturated rings. The van der Waals surface area contributed by atoms with Gasteiger partial charge in [0, 0.05) is 12.6 Å². The first-order valence-electron chi connectivity index (χ1n) is 8.98. The van der Waals surface area contributed by atoms with Gasteiger partial charge in [-0.25, -0.2) is 4.79 Å². The molecule has 0 aliphatic heterocycles. The molecule has 3 aromatic rings. The molecule has 2 N–H and O–H groups in total. The van der Waals surface area contributed by atoms with E-state index in [2.05, 4.69) is 10.6 Å². The van der Waals surface area contributed by atoms with Gasteiger partial charge >= 0.3 is 6.03 Å². The highest BCUT2D eigenvalue weighted by Crippen LogP contribution is 2.27. The lowest BCUT2D eigenvalue weighted by Gasteiger charge is -2.10. The van der Waals surface area contributed by atoms with Gasteiger partial charge in [0.25, 0.3) is 5.91 Å². The lowest BCUT2D eigenvalue weighted by Crippen LogP contribution is -2.41. The van der Waals surface area contributed by atoms with E-state index in [0.717, 1.165) is 0 Å². The minimum Gasteiger partial charge on any atom is -0.484 e. The standard InChI is InChI=1S/C21H20N2O6/c1-3-22-21(26)23-18(24)12-27-15-9-10-16-17(11-15)28-13(2)20(19(16)25)29-14-7-5-4-6-8-14/h4-11H,3,12H2,1-2H3,(H2,22,23,24,26). The van der Waals surface area contributed by atoms with E-state index in [1.165, 1.54) is 12.1 Å². The van der Waals surface area contributed by atoms with Crippen LogP contribution in [0.25, 0.3) is 11.0 Å². The molecule has 0 saturated heterocycles. The predicted molar refractivity (Wildman–Crippen MR) is 106 cm³/mol. The molecule has 8 nitrogen and oxygen atoms in total. The topological polar surface area (TPSA) is 107 Å². The Labute approximate surface area is 166 Å². The van der Waals surface area contributed by atoms with Crippen molar-refractivity contribution in [2.45, 2.75) is 13.8 Å². The number of para-hydroxylation sites is 1. The molecular formula is C21H20N2O6. The van der Waals surface area contributed by atoms with Crippen molar-refractivity contribution in [3.63, 3.8) is 0 Å². The highest BCUT2D eigenvalue weighted by atomic mass is 16.5. The van der Waals surface area contributed by atoms with Crippen molar-refractivity contribution in [2.75, 3.05) is 13.2 Å². The average molecular weight is 396 g/mol. The highest BCUT2D eigenvalue weighted by Gasteiger charge is 2.15. The van der Waals surface area contributed by atoms with Crippen LogP contribution < -0.4 is 25.5 Å². The van der Waals surface area contributed by atoms with Crippen molar-refractivity contribution in [2.24, 2.45) is 0 Å². The summed E-state index contributed by atoms with van der Waals surface area (Å²) in [6, 6.07) is 12.9. The number of amides is 3. The molecular weight excluding hydrogens is 376 g/mol. The van der Waals surface area contributed by atoms with Gasteiger partial charge in [-0.3, -0.25) is 14.9 Å². The molecule has 0 bridgehead atoms. The maximum absolute atomic E-state index is 12.8. The molecule has 29 heavy (non-hydrogen) atoms. The smallest absolute Gasteiger partial charge is 0.321 e. The zero-order valence-electron chi connectivity index (χ0n) is 16.0. The third kappa shape index (κ3) is 4.92. The maximum Gasteiger partial charge on any atom is 0.321 e. The first kappa shape index (κ1) is 19.9. The third-order valence-corrected chi connectivity index (χ3v) is 3.91. The average Bonchev–Trinajstić information content (AvgIpc) is 2.70. The minimum atomic E-state index is -0.597. The van der Waals surface area contributed by atoms with Gasteiger partial charge in [0.15, 0.2) is 6.61 Å². The number of aryl methyl sites for hydroxylation is 1. The largest absolute Gasteiger partial charge is 0.484 e. The number of ether oxygens (including phenoxy) is 2. The highest BCUT2D eigenvalue weighted by molar-refractivity contribution is 5.95. The van der Waals surface area contributed by atoms with E-state index < -0.39 is 11.9 Å². The molecule has 3 amide bonds. The Hall–Kier alpha value is -3.81. The van der Waals surface area contributed by atoms with Crippen LogP contribution in [0.2, 0.25) is 0 Å². The molecule has 1 aromatic heterocycles. The number of nitrogens with one attached hydrogen (secondary N) is 2. The number of rotatable bonds is 6. The van der Waals surface area contributed by atoms with Gasteiger partial charge in [-0.15, -0.1) is 0 Å². The van der Waals surface area contributed by atoms with Gasteiger partial charge < -0.3 is 19.2 Å². The number of fused-ring (bicyclic) bond motifs is 1. The zero-order valence-corrected chi connectivity index (χ0v) is 16.0. The summed E-state index contributed by atoms with van der Waals surface area (Å²) in [5, 5.41) is 4.90. The Bertz CT molecular complexity index is 1090. The summed E-state index contributed by atoms with van der Waals surface area (Å²) in [6.45, 7) is 3.41. The number of imide groups is 1. The monoisotopic (exact) mass is 396 g/mol. The zero-order chi connectivity index (χ0) is 20.8. The molecule has 0 spiro atoms. The summed E-state index contributed by atoms with van der Waals surface area (Å²) in [5.41, 5.74) is -0.0114. The van der Waals surface area contributed by atoms with Crippen LogP contribution in [0.1, 0.15) is 12.7 Å². The third-order valence-electron chi connectivity index (χ3n) is 3.91. The van der Waals surface area contributed by atoms with Gasteiger partial charge in [-0.1, -0.05) is 18.2 Å². The van der Waals surface area contributed by atoms with Gasteiger partial charge in [0.1, 0.15) is 22.8 Å². The van der Waals surface area contributed by atoms with Gasteiger partial charge in [0.2, 0.25) is 11.2 Å². The fourth-order valence-corrected chi connectivity index (χ4v) is 2.60. The normalized spacial score (nSPS) is 10.4. The fraction of sp³-hybridized carbons (Fsp3) is 0.190. The number of carbonyl (C=O) groups excluding carboxylic acids is 2. The van der Waals surface area contributed by atoms with E-state index in [0.29, 0.717) is 34.8 Å². The first-order chi connectivity index (χ1) is 14.0. The molecule has 2 aromatic carbocycles. The van der Waals surface area contributed by atoms with Crippen LogP contribution in [0.4, 0.5) is 4.79 Å². The second kappa shape index (κ2) is 8.92. The number of urea groups is 1. The van der Waals surface area contributed by atoms with Crippen molar-refractivity contribution in [3.05, 3.63) is 64.5 Å². The second-order valence-corrected chi connectivity index (χ2v) is 6.09. The lowest BCUT2D eigenvalue weighted by atomic mass is 10.2. The van der Waals surface area contributed by atoms with Crippen molar-refractivity contribution >= 4 is 22.9 Å². The van der Waals surface area contributed by atoms with E-state index >= 15 is 0 Å². The molecule has 150 valence electrons. The van der Waals surface area contributed by atoms with Crippen molar-refractivity contribution in [3.8, 4) is 17.2 Å². The molecule has 0 atom stereocenters. The van der Waals surface area contributed by atoms with Crippen LogP contribution in [0, 0.1) is 6.92 Å². The molecule has 8 heteroatoms. The van der Waals surface area contributed by atoms with Crippen LogP contribution in [0.15, 0.2) is 57.7 Å². The number of carbonyl (C=O) groups is 2. The van der Waals surface area contributed by atoms with Crippen LogP contribution in [0.3, 0.4) is 0 Å². The number of hydrogen-bond acceptors (Lipinski definition) is 6. The van der Waals surface area contributed by atoms with Crippen molar-refractivity contribution in [1.82, 2.24) is 10.6 Å². The van der Waals surface area contributed by atoms with Crippen LogP contribution in [-0.2, 0) is 4.79 Å². The van der Waals surface area contributed by atoms with Gasteiger partial charge in [-0.05, 0) is 38.1 Å². The van der Waals surface area contributed by atoms with E-state index in [-0.39, 0.29) is 17.8 Å². The summed E-state index contributed by atoms with van der Waals surface area (Å²) in [5.74, 6) is 0.680. The fourth-order valence-electron chi connectivity index (χ4n) is 2.60. The van der Waals surface area contributed by atoms with Crippen LogP contribution >= 0.6 is 0 Å². The Morgan fingerprint density at radius 2 is 1.83 bits per heavy atom. The molecule has 0 saturated carbocycles. The van der Waals surface area contributed by atoms with Crippen molar-refractivity contribution in [1.29, 1.82) is 0 Å². The quantitative estimate of drug-likeness (QED) is 0.663. The summed E-state index contributed by atoms with van der Waals surface area (Å²) < 4.78 is 16.8. The van der Waals surface area contributed by atoms with E-state index in [1.807, 2.05) is 6.07 Å². The summed E-state index contributed by atoms with van der Waals surface area (Å²) in [7, 11) is 0. The number of hydrogen-bond donors (Lipinski definition) is 2. The van der Waals surface area contributed by atoms with E-state index in [9.17, 15) is 14.4 Å². The molecule has 1 heterocycles.